The smallest absolute Gasteiger partial charge is 0.170 e. The summed E-state index contributed by atoms with van der Waals surface area (Å²) in [5.74, 6) is -0.847. The minimum Gasteiger partial charge on any atom is -0.494 e. The normalized spacial score (nSPS) is 12.2. The molecule has 2 nitrogen and oxygen atoms in total. The van der Waals surface area contributed by atoms with Crippen molar-refractivity contribution in [1.29, 1.82) is 0 Å². The first-order valence-corrected chi connectivity index (χ1v) is 6.97. The van der Waals surface area contributed by atoms with Crippen molar-refractivity contribution in [1.82, 2.24) is 5.32 Å². The van der Waals surface area contributed by atoms with Gasteiger partial charge in [-0.15, -0.1) is 0 Å². The van der Waals surface area contributed by atoms with Gasteiger partial charge in [0.1, 0.15) is 5.82 Å². The molecule has 1 N–H and O–H groups in total. The van der Waals surface area contributed by atoms with Gasteiger partial charge >= 0.3 is 0 Å². The van der Waals surface area contributed by atoms with Gasteiger partial charge in [-0.05, 0) is 24.7 Å². The lowest BCUT2D eigenvalue weighted by atomic mass is 9.97. The van der Waals surface area contributed by atoms with E-state index in [1.165, 1.54) is 19.2 Å². The largest absolute Gasteiger partial charge is 0.494 e. The zero-order chi connectivity index (χ0) is 15.4. The van der Waals surface area contributed by atoms with Gasteiger partial charge in [0.25, 0.3) is 0 Å². The zero-order valence-corrected chi connectivity index (χ0v) is 12.5. The Morgan fingerprint density at radius 2 is 1.95 bits per heavy atom. The third-order valence-corrected chi connectivity index (χ3v) is 3.44. The molecule has 0 saturated carbocycles. The van der Waals surface area contributed by atoms with Gasteiger partial charge in [0.2, 0.25) is 0 Å². The summed E-state index contributed by atoms with van der Waals surface area (Å²) in [4.78, 5) is 0. The number of halogens is 3. The van der Waals surface area contributed by atoms with Gasteiger partial charge < -0.3 is 10.1 Å². The van der Waals surface area contributed by atoms with Crippen LogP contribution in [0.5, 0.6) is 5.75 Å². The van der Waals surface area contributed by atoms with Crippen molar-refractivity contribution in [2.45, 2.75) is 13.0 Å². The van der Waals surface area contributed by atoms with Crippen molar-refractivity contribution in [2.75, 3.05) is 13.7 Å². The second-order valence-corrected chi connectivity index (χ2v) is 4.96. The van der Waals surface area contributed by atoms with Crippen LogP contribution in [0.4, 0.5) is 8.78 Å². The standard InChI is InChI=1S/C16H16ClF2NO/c1-3-20-16(11-8-7-10(17)9-13(11)18)12-5-4-6-14(21-2)15(12)19/h4-9,16,20H,3H2,1-2H3. The molecule has 0 radical (unpaired) electrons. The van der Waals surface area contributed by atoms with Crippen molar-refractivity contribution in [3.63, 3.8) is 0 Å². The van der Waals surface area contributed by atoms with E-state index in [1.54, 1.807) is 24.3 Å². The number of hydrogen-bond donors (Lipinski definition) is 1. The number of hydrogen-bond acceptors (Lipinski definition) is 2. The molecule has 5 heteroatoms. The van der Waals surface area contributed by atoms with Crippen LogP contribution in [0, 0.1) is 11.6 Å². The van der Waals surface area contributed by atoms with E-state index in [-0.39, 0.29) is 5.75 Å². The maximum Gasteiger partial charge on any atom is 0.170 e. The van der Waals surface area contributed by atoms with Crippen molar-refractivity contribution >= 4 is 11.6 Å². The first kappa shape index (κ1) is 15.7. The number of ether oxygens (including phenoxy) is 1. The van der Waals surface area contributed by atoms with Gasteiger partial charge in [0, 0.05) is 16.1 Å². The first-order chi connectivity index (χ1) is 10.1. The molecule has 0 aromatic heterocycles. The van der Waals surface area contributed by atoms with Crippen LogP contribution < -0.4 is 10.1 Å². The average Bonchev–Trinajstić information content (AvgIpc) is 2.46. The SMILES string of the molecule is CCNC(c1ccc(Cl)cc1F)c1cccc(OC)c1F. The quantitative estimate of drug-likeness (QED) is 0.887. The Morgan fingerprint density at radius 3 is 2.57 bits per heavy atom. The molecule has 0 heterocycles. The summed E-state index contributed by atoms with van der Waals surface area (Å²) in [6.07, 6.45) is 0. The van der Waals surface area contributed by atoms with Crippen LogP contribution in [0.25, 0.3) is 0 Å². The molecule has 2 aromatic carbocycles. The zero-order valence-electron chi connectivity index (χ0n) is 11.8. The Bertz CT molecular complexity index is 634. The molecule has 0 bridgehead atoms. The summed E-state index contributed by atoms with van der Waals surface area (Å²) in [7, 11) is 1.40. The Labute approximate surface area is 127 Å². The molecule has 0 fully saturated rings. The summed E-state index contributed by atoms with van der Waals surface area (Å²) in [5, 5.41) is 3.39. The maximum atomic E-state index is 14.4. The molecule has 0 aliphatic carbocycles. The van der Waals surface area contributed by atoms with Gasteiger partial charge in [0.05, 0.1) is 13.2 Å². The lowest BCUT2D eigenvalue weighted by molar-refractivity contribution is 0.381. The van der Waals surface area contributed by atoms with Crippen molar-refractivity contribution in [2.24, 2.45) is 0 Å². The van der Waals surface area contributed by atoms with Crippen molar-refractivity contribution < 1.29 is 13.5 Å². The van der Waals surface area contributed by atoms with Gasteiger partial charge in [-0.25, -0.2) is 8.78 Å². The monoisotopic (exact) mass is 311 g/mol. The van der Waals surface area contributed by atoms with Crippen molar-refractivity contribution in [3.8, 4) is 5.75 Å². The van der Waals surface area contributed by atoms with Gasteiger partial charge in [-0.3, -0.25) is 0 Å². The molecule has 0 spiro atoms. The second kappa shape index (κ2) is 6.87. The highest BCUT2D eigenvalue weighted by Crippen LogP contribution is 2.31. The van der Waals surface area contributed by atoms with Crippen LogP contribution >= 0.6 is 11.6 Å². The van der Waals surface area contributed by atoms with E-state index in [4.69, 9.17) is 16.3 Å². The topological polar surface area (TPSA) is 21.3 Å². The van der Waals surface area contributed by atoms with E-state index in [9.17, 15) is 8.78 Å². The lowest BCUT2D eigenvalue weighted by Gasteiger charge is -2.21. The van der Waals surface area contributed by atoms with Crippen molar-refractivity contribution in [3.05, 3.63) is 64.2 Å². The summed E-state index contributed by atoms with van der Waals surface area (Å²) >= 11 is 5.77. The minimum absolute atomic E-state index is 0.129. The Morgan fingerprint density at radius 1 is 1.19 bits per heavy atom. The predicted octanol–water partition coefficient (Wildman–Crippen LogP) is 4.33. The molecular formula is C16H16ClF2NO. The molecule has 21 heavy (non-hydrogen) atoms. The Kier molecular flexibility index (Phi) is 5.15. The molecule has 0 aliphatic rings. The number of nitrogens with one attached hydrogen (secondary N) is 1. The van der Waals surface area contributed by atoms with E-state index >= 15 is 0 Å². The summed E-state index contributed by atoms with van der Waals surface area (Å²) in [6.45, 7) is 2.43. The average molecular weight is 312 g/mol. The van der Waals surface area contributed by atoms with Crippen LogP contribution in [-0.2, 0) is 0 Å². The predicted molar refractivity (Wildman–Crippen MR) is 79.9 cm³/mol. The van der Waals surface area contributed by atoms with E-state index in [2.05, 4.69) is 5.32 Å². The lowest BCUT2D eigenvalue weighted by Crippen LogP contribution is -2.24. The molecule has 1 atom stereocenters. The fourth-order valence-electron chi connectivity index (χ4n) is 2.24. The highest BCUT2D eigenvalue weighted by atomic mass is 35.5. The van der Waals surface area contributed by atoms with Gasteiger partial charge in [-0.2, -0.15) is 0 Å². The van der Waals surface area contributed by atoms with E-state index in [1.807, 2.05) is 6.92 Å². The first-order valence-electron chi connectivity index (χ1n) is 6.59. The number of benzene rings is 2. The molecule has 2 rings (SSSR count). The van der Waals surface area contributed by atoms with E-state index in [0.29, 0.717) is 22.7 Å². The molecule has 2 aromatic rings. The van der Waals surface area contributed by atoms with Gasteiger partial charge in [0.15, 0.2) is 11.6 Å². The summed E-state index contributed by atoms with van der Waals surface area (Å²) in [5.41, 5.74) is 0.672. The fraction of sp³-hybridized carbons (Fsp3) is 0.250. The van der Waals surface area contributed by atoms with Crippen LogP contribution in [0.2, 0.25) is 5.02 Å². The van der Waals surface area contributed by atoms with E-state index < -0.39 is 17.7 Å². The van der Waals surface area contributed by atoms with Crippen LogP contribution in [-0.4, -0.2) is 13.7 Å². The van der Waals surface area contributed by atoms with Crippen LogP contribution in [0.15, 0.2) is 36.4 Å². The Balaban J connectivity index is 2.53. The molecule has 0 amide bonds. The van der Waals surface area contributed by atoms with Crippen LogP contribution in [0.1, 0.15) is 24.1 Å². The molecule has 1 unspecified atom stereocenters. The number of methoxy groups -OCH3 is 1. The van der Waals surface area contributed by atoms with E-state index in [0.717, 1.165) is 0 Å². The highest BCUT2D eigenvalue weighted by Gasteiger charge is 2.22. The molecule has 0 saturated heterocycles. The summed E-state index contributed by atoms with van der Waals surface area (Å²) in [6, 6.07) is 8.57. The molecule has 0 aliphatic heterocycles. The third-order valence-electron chi connectivity index (χ3n) is 3.21. The number of rotatable bonds is 5. The fourth-order valence-corrected chi connectivity index (χ4v) is 2.39. The highest BCUT2D eigenvalue weighted by molar-refractivity contribution is 6.30. The molecule has 112 valence electrons. The maximum absolute atomic E-state index is 14.4. The van der Waals surface area contributed by atoms with Gasteiger partial charge in [-0.1, -0.05) is 36.7 Å². The molecular weight excluding hydrogens is 296 g/mol. The Hall–Kier alpha value is -1.65. The summed E-state index contributed by atoms with van der Waals surface area (Å²) < 4.78 is 33.6. The van der Waals surface area contributed by atoms with Crippen LogP contribution in [0.3, 0.4) is 0 Å². The second-order valence-electron chi connectivity index (χ2n) is 4.52. The third kappa shape index (κ3) is 3.34. The minimum atomic E-state index is -0.609.